The molecule has 9 nitrogen and oxygen atoms in total. The molecule has 10 heteroatoms. The van der Waals surface area contributed by atoms with Crippen molar-refractivity contribution >= 4 is 29.4 Å². The van der Waals surface area contributed by atoms with Gasteiger partial charge in [0.2, 0.25) is 5.91 Å². The van der Waals surface area contributed by atoms with Crippen molar-refractivity contribution < 1.29 is 23.9 Å². The van der Waals surface area contributed by atoms with E-state index in [-0.39, 0.29) is 34.6 Å². The van der Waals surface area contributed by atoms with Crippen LogP contribution in [0.3, 0.4) is 0 Å². The number of amides is 3. The quantitative estimate of drug-likeness (QED) is 0.457. The number of likely N-dealkylation sites (tertiary alicyclic amines) is 1. The molecule has 2 heterocycles. The molecule has 0 radical (unpaired) electrons. The first-order valence-electron chi connectivity index (χ1n) is 11.7. The van der Waals surface area contributed by atoms with Gasteiger partial charge in [-0.15, -0.1) is 5.10 Å². The first-order valence-corrected chi connectivity index (χ1v) is 11.7. The summed E-state index contributed by atoms with van der Waals surface area (Å²) in [6.45, 7) is 6.02. The molecular weight excluding hydrogens is 465 g/mol. The predicted molar refractivity (Wildman–Crippen MR) is 133 cm³/mol. The summed E-state index contributed by atoms with van der Waals surface area (Å²) >= 11 is 0. The number of carboxylic acid groups (broad SMARTS) is 1. The molecule has 2 aromatic carbocycles. The van der Waals surface area contributed by atoms with Gasteiger partial charge in [0.25, 0.3) is 0 Å². The lowest BCUT2D eigenvalue weighted by Gasteiger charge is -2.24. The molecule has 1 aliphatic heterocycles. The number of benzene rings is 2. The number of carboxylic acids is 1. The molecular formula is C26H28FN5O4. The molecule has 4 rings (SSSR count). The van der Waals surface area contributed by atoms with E-state index >= 15 is 0 Å². The lowest BCUT2D eigenvalue weighted by Crippen LogP contribution is -2.45. The van der Waals surface area contributed by atoms with Gasteiger partial charge in [-0.2, -0.15) is 0 Å². The number of halogens is 1. The second-order valence-corrected chi connectivity index (χ2v) is 9.07. The van der Waals surface area contributed by atoms with E-state index in [9.17, 15) is 18.8 Å². The number of hydrogen-bond donors (Lipinski definition) is 3. The number of hydrogen-bond acceptors (Lipinski definition) is 4. The maximum atomic E-state index is 14.7. The second kappa shape index (κ2) is 10.2. The third-order valence-electron chi connectivity index (χ3n) is 6.33. The number of urea groups is 1. The van der Waals surface area contributed by atoms with Crippen molar-refractivity contribution in [2.45, 2.75) is 45.6 Å². The monoisotopic (exact) mass is 493 g/mol. The van der Waals surface area contributed by atoms with Crippen molar-refractivity contribution in [1.82, 2.24) is 14.7 Å². The Morgan fingerprint density at radius 3 is 2.47 bits per heavy atom. The smallest absolute Gasteiger partial charge is 0.336 e. The maximum Gasteiger partial charge on any atom is 0.336 e. The molecule has 3 aromatic rings. The van der Waals surface area contributed by atoms with Crippen molar-refractivity contribution in [3.63, 3.8) is 0 Å². The van der Waals surface area contributed by atoms with Gasteiger partial charge >= 0.3 is 12.0 Å². The van der Waals surface area contributed by atoms with Gasteiger partial charge in [0, 0.05) is 30.1 Å². The Morgan fingerprint density at radius 1 is 1.08 bits per heavy atom. The minimum absolute atomic E-state index is 0.00691. The third-order valence-corrected chi connectivity index (χ3v) is 6.33. The van der Waals surface area contributed by atoms with Gasteiger partial charge in [-0.25, -0.2) is 18.7 Å². The average molecular weight is 494 g/mol. The van der Waals surface area contributed by atoms with Gasteiger partial charge < -0.3 is 20.6 Å². The van der Waals surface area contributed by atoms with Gasteiger partial charge in [0.15, 0.2) is 11.6 Å². The minimum Gasteiger partial charge on any atom is -0.478 e. The summed E-state index contributed by atoms with van der Waals surface area (Å²) in [7, 11) is 0. The van der Waals surface area contributed by atoms with Gasteiger partial charge in [0.05, 0.1) is 5.56 Å². The minimum atomic E-state index is -1.22. The zero-order chi connectivity index (χ0) is 26.0. The Kier molecular flexibility index (Phi) is 7.05. The fourth-order valence-electron chi connectivity index (χ4n) is 4.24. The molecule has 0 spiro atoms. The van der Waals surface area contributed by atoms with E-state index in [2.05, 4.69) is 29.6 Å². The lowest BCUT2D eigenvalue weighted by atomic mass is 10.0. The summed E-state index contributed by atoms with van der Waals surface area (Å²) < 4.78 is 16.0. The average Bonchev–Trinajstić information content (AvgIpc) is 3.51. The highest BCUT2D eigenvalue weighted by molar-refractivity contribution is 5.99. The van der Waals surface area contributed by atoms with Gasteiger partial charge in [-0.05, 0) is 55.5 Å². The number of aromatic nitrogens is 2. The van der Waals surface area contributed by atoms with Crippen LogP contribution >= 0.6 is 0 Å². The van der Waals surface area contributed by atoms with E-state index in [4.69, 9.17) is 5.11 Å². The number of nitrogens with one attached hydrogen (secondary N) is 2. The fraction of sp³-hybridized carbons (Fsp3) is 0.308. The van der Waals surface area contributed by atoms with Crippen LogP contribution in [0.4, 0.5) is 20.7 Å². The van der Waals surface area contributed by atoms with Crippen LogP contribution in [0.15, 0.2) is 48.7 Å². The zero-order valence-corrected chi connectivity index (χ0v) is 20.3. The van der Waals surface area contributed by atoms with Crippen LogP contribution in [-0.2, 0) is 4.79 Å². The molecule has 0 saturated carbocycles. The molecule has 3 amide bonds. The van der Waals surface area contributed by atoms with Gasteiger partial charge in [-0.3, -0.25) is 4.79 Å². The zero-order valence-electron chi connectivity index (χ0n) is 20.3. The van der Waals surface area contributed by atoms with E-state index in [1.54, 1.807) is 0 Å². The van der Waals surface area contributed by atoms with Crippen LogP contribution in [-0.4, -0.2) is 50.3 Å². The molecule has 0 unspecified atom stereocenters. The van der Waals surface area contributed by atoms with E-state index in [1.807, 2.05) is 24.3 Å². The molecule has 36 heavy (non-hydrogen) atoms. The topological polar surface area (TPSA) is 117 Å². The standard InChI is InChI=1S/C26H28FN5O4/c1-15(2)17-6-8-18(9-7-17)28-26(36)31-13-4-5-21(31)24(33)29-22-12-14-32(30-22)20-11-10-19(25(34)35)16(3)23(20)27/h6-12,14-15,21H,4-5,13H2,1-3H3,(H,28,36)(H,34,35)(H,29,30,33)/t21-/m0/s1. The largest absolute Gasteiger partial charge is 0.478 e. The van der Waals surface area contributed by atoms with E-state index in [0.717, 1.165) is 0 Å². The van der Waals surface area contributed by atoms with E-state index in [0.29, 0.717) is 31.0 Å². The van der Waals surface area contributed by atoms with Crippen LogP contribution in [0.25, 0.3) is 5.69 Å². The van der Waals surface area contributed by atoms with Crippen molar-refractivity contribution in [3.05, 3.63) is 71.2 Å². The molecule has 1 aliphatic rings. The van der Waals surface area contributed by atoms with Crippen molar-refractivity contribution in [1.29, 1.82) is 0 Å². The molecule has 188 valence electrons. The molecule has 1 saturated heterocycles. The third kappa shape index (κ3) is 5.07. The number of rotatable bonds is 6. The highest BCUT2D eigenvalue weighted by Crippen LogP contribution is 2.24. The molecule has 0 aliphatic carbocycles. The number of carbonyl (C=O) groups excluding carboxylic acids is 2. The summed E-state index contributed by atoms with van der Waals surface area (Å²) in [5, 5.41) is 18.9. The number of anilines is 2. The first kappa shape index (κ1) is 24.9. The number of aromatic carboxylic acids is 1. The predicted octanol–water partition coefficient (Wildman–Crippen LogP) is 4.78. The van der Waals surface area contributed by atoms with Gasteiger partial charge in [0.1, 0.15) is 11.7 Å². The first-order chi connectivity index (χ1) is 17.2. The summed E-state index contributed by atoms with van der Waals surface area (Å²) in [4.78, 5) is 38.5. The van der Waals surface area contributed by atoms with Gasteiger partial charge in [-0.1, -0.05) is 26.0 Å². The van der Waals surface area contributed by atoms with Crippen LogP contribution < -0.4 is 10.6 Å². The van der Waals surface area contributed by atoms with Crippen LogP contribution in [0.1, 0.15) is 54.1 Å². The lowest BCUT2D eigenvalue weighted by molar-refractivity contribution is -0.119. The molecule has 1 fully saturated rings. The normalized spacial score (nSPS) is 15.2. The summed E-state index contributed by atoms with van der Waals surface area (Å²) in [6, 6.07) is 10.7. The molecule has 1 atom stereocenters. The Balaban J connectivity index is 1.43. The molecule has 1 aromatic heterocycles. The van der Waals surface area contributed by atoms with Crippen LogP contribution in [0.2, 0.25) is 0 Å². The Morgan fingerprint density at radius 2 is 1.81 bits per heavy atom. The number of nitrogens with zero attached hydrogens (tertiary/aromatic N) is 3. The summed E-state index contributed by atoms with van der Waals surface area (Å²) in [5.74, 6) is -1.74. The summed E-state index contributed by atoms with van der Waals surface area (Å²) in [5.41, 5.74) is 1.74. The van der Waals surface area contributed by atoms with Crippen molar-refractivity contribution in [2.24, 2.45) is 0 Å². The maximum absolute atomic E-state index is 14.7. The Bertz CT molecular complexity index is 1300. The second-order valence-electron chi connectivity index (χ2n) is 9.07. The van der Waals surface area contributed by atoms with E-state index in [1.165, 1.54) is 46.5 Å². The van der Waals surface area contributed by atoms with Crippen LogP contribution in [0, 0.1) is 12.7 Å². The molecule has 3 N–H and O–H groups in total. The highest BCUT2D eigenvalue weighted by atomic mass is 19.1. The Labute approximate surface area is 207 Å². The van der Waals surface area contributed by atoms with E-state index < -0.39 is 17.8 Å². The summed E-state index contributed by atoms with van der Waals surface area (Å²) in [6.07, 6.45) is 2.66. The van der Waals surface area contributed by atoms with Crippen LogP contribution in [0.5, 0.6) is 0 Å². The van der Waals surface area contributed by atoms with Crippen molar-refractivity contribution in [2.75, 3.05) is 17.2 Å². The highest BCUT2D eigenvalue weighted by Gasteiger charge is 2.34. The SMILES string of the molecule is Cc1c(C(=O)O)ccc(-n2ccc(NC(=O)[C@@H]3CCCN3C(=O)Nc3ccc(C(C)C)cc3)n2)c1F. The molecule has 0 bridgehead atoms. The number of carbonyl (C=O) groups is 3. The van der Waals surface area contributed by atoms with Crippen molar-refractivity contribution in [3.8, 4) is 5.69 Å². The Hall–Kier alpha value is -4.21. The fourth-order valence-corrected chi connectivity index (χ4v) is 4.24.